The van der Waals surface area contributed by atoms with Crippen molar-refractivity contribution in [2.24, 2.45) is 0 Å². The van der Waals surface area contributed by atoms with Gasteiger partial charge in [0, 0.05) is 123 Å². The number of aromatic nitrogens is 10. The monoisotopic (exact) mass is 1210 g/mol. The summed E-state index contributed by atoms with van der Waals surface area (Å²) in [4.78, 5) is 23.1. The number of halogens is 9. The van der Waals surface area contributed by atoms with Crippen molar-refractivity contribution in [2.45, 2.75) is 38.2 Å². The molecule has 28 heteroatoms. The van der Waals surface area contributed by atoms with Crippen molar-refractivity contribution in [1.29, 1.82) is 0 Å². The summed E-state index contributed by atoms with van der Waals surface area (Å²) < 4.78 is 151. The van der Waals surface area contributed by atoms with Crippen LogP contribution in [-0.2, 0) is 38.2 Å². The fourth-order valence-corrected chi connectivity index (χ4v) is 9.20. The van der Waals surface area contributed by atoms with Crippen LogP contribution >= 0.6 is 0 Å². The summed E-state index contributed by atoms with van der Waals surface area (Å²) >= 11 is 0. The van der Waals surface area contributed by atoms with E-state index in [4.69, 9.17) is 19.3 Å². The van der Waals surface area contributed by atoms with Gasteiger partial charge >= 0.3 is 18.5 Å². The normalized spacial score (nSPS) is 12.3. The van der Waals surface area contributed by atoms with Crippen molar-refractivity contribution in [3.05, 3.63) is 162 Å². The molecule has 9 aromatic rings. The van der Waals surface area contributed by atoms with Gasteiger partial charge in [-0.1, -0.05) is 0 Å². The van der Waals surface area contributed by atoms with Gasteiger partial charge in [0.1, 0.15) is 23.0 Å². The average Bonchev–Trinajstić information content (AvgIpc) is 2.56. The van der Waals surface area contributed by atoms with E-state index in [1.165, 1.54) is 64.6 Å². The predicted octanol–water partition coefficient (Wildman–Crippen LogP) is 10.7. The molecule has 0 atom stereocenters. The third kappa shape index (κ3) is 16.4. The first kappa shape index (κ1) is 62.7. The van der Waals surface area contributed by atoms with E-state index in [0.29, 0.717) is 73.9 Å². The molecule has 9 rings (SSSR count). The van der Waals surface area contributed by atoms with Gasteiger partial charge in [0.25, 0.3) is 5.95 Å². The van der Waals surface area contributed by atoms with E-state index >= 15 is 0 Å². The fourth-order valence-electron chi connectivity index (χ4n) is 9.20. The summed E-state index contributed by atoms with van der Waals surface area (Å²) in [6, 6.07) is 15.8. The largest absolute Gasteiger partial charge is 0.456 e. The Balaban J connectivity index is 1.01. The maximum Gasteiger partial charge on any atom is 0.416 e. The number of hydrogen-bond acceptors (Lipinski definition) is 16. The van der Waals surface area contributed by atoms with Crippen molar-refractivity contribution in [3.63, 3.8) is 0 Å². The number of hydrogen-bond donors (Lipinski definition) is 4. The Labute approximate surface area is 494 Å². The van der Waals surface area contributed by atoms with Crippen molar-refractivity contribution < 1.29 is 53.7 Å². The highest BCUT2D eigenvalue weighted by Gasteiger charge is 2.35. The highest BCUT2D eigenvalue weighted by molar-refractivity contribution is 5.69. The molecular weight excluding hydrogens is 1150 g/mol. The Bertz CT molecular complexity index is 3720. The molecule has 3 aromatic carbocycles. The number of benzene rings is 3. The number of aromatic amines is 1. The minimum Gasteiger partial charge on any atom is -0.456 e. The van der Waals surface area contributed by atoms with Gasteiger partial charge in [0.15, 0.2) is 5.75 Å². The molecule has 0 saturated carbocycles. The Morgan fingerprint density at radius 2 is 0.966 bits per heavy atom. The summed E-state index contributed by atoms with van der Waals surface area (Å²) in [6.07, 6.45) is -2.79. The molecule has 4 N–H and O–H groups in total. The van der Waals surface area contributed by atoms with E-state index in [1.807, 2.05) is 42.9 Å². The van der Waals surface area contributed by atoms with Crippen LogP contribution in [-0.4, -0.2) is 146 Å². The van der Waals surface area contributed by atoms with Crippen LogP contribution in [0.3, 0.4) is 0 Å². The standard InChI is InChI=1S/C59H61F9N16O3/c1-69-12-15-80(4)32-40-27-76-77-53(40)37-18-43(57(60,61)62)25-49(21-37)86-51-30-74-56(75-31-51)84-36-42(34-82(6)17-14-71-3)55(79-84)39-20-45(59(66,67)68)26-50(23-39)87-52-10-9-46(28-73-52)83-35-41(33-81(5)16-13-70-2)54(78-83)38-19-44(58(63,64)65)24-48(22-38)85-47-8-7-11-72-29-47/h7-11,18-31,35-36,69-71H,12-17,32-34H2,1-6H3,(H,76,77). The van der Waals surface area contributed by atoms with Crippen molar-refractivity contribution in [2.75, 3.05) is 81.6 Å². The highest BCUT2D eigenvalue weighted by atomic mass is 19.4. The van der Waals surface area contributed by atoms with E-state index < -0.39 is 35.2 Å². The number of nitrogens with one attached hydrogen (secondary N) is 4. The Kier molecular flexibility index (Phi) is 19.7. The lowest BCUT2D eigenvalue weighted by Crippen LogP contribution is -2.27. The zero-order valence-electron chi connectivity index (χ0n) is 48.0. The Morgan fingerprint density at radius 3 is 1.44 bits per heavy atom. The van der Waals surface area contributed by atoms with Crippen LogP contribution in [0.25, 0.3) is 45.4 Å². The lowest BCUT2D eigenvalue weighted by molar-refractivity contribution is -0.138. The molecule has 0 fully saturated rings. The molecule has 0 radical (unpaired) electrons. The number of alkyl halides is 9. The van der Waals surface area contributed by atoms with Gasteiger partial charge in [0.05, 0.1) is 64.2 Å². The molecular formula is C59H61F9N16O3. The smallest absolute Gasteiger partial charge is 0.416 e. The first-order chi connectivity index (χ1) is 41.5. The van der Waals surface area contributed by atoms with E-state index in [-0.39, 0.29) is 81.7 Å². The predicted molar refractivity (Wildman–Crippen MR) is 306 cm³/mol. The van der Waals surface area contributed by atoms with Gasteiger partial charge in [-0.25, -0.2) is 24.3 Å². The van der Waals surface area contributed by atoms with Gasteiger partial charge in [0.2, 0.25) is 5.88 Å². The lowest BCUT2D eigenvalue weighted by atomic mass is 10.0. The van der Waals surface area contributed by atoms with Gasteiger partial charge in [-0.05, 0) is 115 Å². The third-order valence-corrected chi connectivity index (χ3v) is 13.5. The van der Waals surface area contributed by atoms with Gasteiger partial charge < -0.3 is 44.9 Å². The number of ether oxygens (including phenoxy) is 3. The van der Waals surface area contributed by atoms with Crippen LogP contribution in [0.4, 0.5) is 39.5 Å². The summed E-state index contributed by atoms with van der Waals surface area (Å²) in [5.41, 5.74) is -0.0155. The number of rotatable bonds is 26. The van der Waals surface area contributed by atoms with Crippen LogP contribution in [0.1, 0.15) is 33.4 Å². The molecule has 0 aliphatic rings. The van der Waals surface area contributed by atoms with Gasteiger partial charge in [-0.3, -0.25) is 10.1 Å². The lowest BCUT2D eigenvalue weighted by Gasteiger charge is -2.17. The Hall–Kier alpha value is -8.80. The van der Waals surface area contributed by atoms with E-state index in [0.717, 1.165) is 36.4 Å². The van der Waals surface area contributed by atoms with Crippen LogP contribution in [0.5, 0.6) is 34.6 Å². The van der Waals surface area contributed by atoms with Crippen LogP contribution in [0, 0.1) is 0 Å². The molecule has 0 aliphatic heterocycles. The minimum absolute atomic E-state index is 0.0112. The Morgan fingerprint density at radius 1 is 0.494 bits per heavy atom. The molecule has 6 heterocycles. The van der Waals surface area contributed by atoms with Crippen LogP contribution in [0.15, 0.2) is 128 Å². The van der Waals surface area contributed by atoms with E-state index in [2.05, 4.69) is 51.2 Å². The second-order valence-corrected chi connectivity index (χ2v) is 20.5. The molecule has 19 nitrogen and oxygen atoms in total. The maximum absolute atomic E-state index is 14.8. The maximum atomic E-state index is 14.8. The molecule has 0 bridgehead atoms. The summed E-state index contributed by atoms with van der Waals surface area (Å²) in [6.45, 7) is 4.57. The molecule has 0 amide bonds. The molecule has 87 heavy (non-hydrogen) atoms. The van der Waals surface area contributed by atoms with Gasteiger partial charge in [-0.15, -0.1) is 0 Å². The summed E-state index contributed by atoms with van der Waals surface area (Å²) in [5.74, 6) is -0.470. The number of nitrogens with zero attached hydrogens (tertiary/aromatic N) is 12. The van der Waals surface area contributed by atoms with E-state index in [1.54, 1.807) is 50.9 Å². The highest BCUT2D eigenvalue weighted by Crippen LogP contribution is 2.41. The first-order valence-electron chi connectivity index (χ1n) is 27.1. The molecule has 0 spiro atoms. The SMILES string of the molecule is CNCCN(C)Cc1c[nH]nc1-c1cc(Oc2cnc(-n3cc(CN(C)CCNC)c(-c4cc(Oc5ccc(-n6cc(CN(C)CCNC)c(-c7cc(Oc8cccnc8)cc(C(F)(F)F)c7)n6)cn5)cc(C(F)(F)F)c4)n3)nc2)cc(C(F)(F)F)c1. The third-order valence-electron chi connectivity index (χ3n) is 13.5. The zero-order valence-corrected chi connectivity index (χ0v) is 48.0. The topological polar surface area (TPSA) is 189 Å². The molecule has 0 unspecified atom stereocenters. The quantitative estimate of drug-likeness (QED) is 0.0374. The summed E-state index contributed by atoms with van der Waals surface area (Å²) in [7, 11) is 10.9. The fraction of sp³-hybridized carbons (Fsp3) is 0.305. The number of pyridine rings is 2. The summed E-state index contributed by atoms with van der Waals surface area (Å²) in [5, 5.41) is 25.7. The van der Waals surface area contributed by atoms with Gasteiger partial charge in [-0.2, -0.15) is 54.8 Å². The number of H-pyrrole nitrogens is 1. The van der Waals surface area contributed by atoms with Crippen LogP contribution in [0.2, 0.25) is 0 Å². The molecule has 0 aliphatic carbocycles. The second kappa shape index (κ2) is 27.3. The zero-order chi connectivity index (χ0) is 62.0. The van der Waals surface area contributed by atoms with E-state index in [9.17, 15) is 39.5 Å². The molecule has 6 aromatic heterocycles. The minimum atomic E-state index is -4.86. The van der Waals surface area contributed by atoms with Crippen molar-refractivity contribution in [1.82, 2.24) is 80.3 Å². The number of likely N-dealkylation sites (N-methyl/N-ethyl adjacent to an activating group) is 6. The average molecular weight is 1210 g/mol. The first-order valence-corrected chi connectivity index (χ1v) is 27.1. The van der Waals surface area contributed by atoms with Crippen LogP contribution < -0.4 is 30.2 Å². The molecule has 458 valence electrons. The van der Waals surface area contributed by atoms with Crippen molar-refractivity contribution in [3.8, 4) is 80.0 Å². The van der Waals surface area contributed by atoms with Crippen molar-refractivity contribution >= 4 is 0 Å². The molecule has 0 saturated heterocycles. The second-order valence-electron chi connectivity index (χ2n) is 20.5.